The first-order chi connectivity index (χ1) is 11.2. The van der Waals surface area contributed by atoms with Crippen LogP contribution in [0.2, 0.25) is 0 Å². The van der Waals surface area contributed by atoms with Gasteiger partial charge in [0.15, 0.2) is 0 Å². The van der Waals surface area contributed by atoms with Crippen molar-refractivity contribution in [2.45, 2.75) is 26.3 Å². The lowest BCUT2D eigenvalue weighted by Crippen LogP contribution is -2.37. The van der Waals surface area contributed by atoms with Gasteiger partial charge in [0.2, 0.25) is 5.91 Å². The summed E-state index contributed by atoms with van der Waals surface area (Å²) in [5, 5.41) is 6.42. The van der Waals surface area contributed by atoms with E-state index in [9.17, 15) is 4.79 Å². The van der Waals surface area contributed by atoms with Gasteiger partial charge in [0, 0.05) is 43.4 Å². The van der Waals surface area contributed by atoms with E-state index in [-0.39, 0.29) is 11.8 Å². The third kappa shape index (κ3) is 4.72. The van der Waals surface area contributed by atoms with E-state index in [1.807, 2.05) is 11.8 Å². The molecule has 5 heteroatoms. The molecule has 2 N–H and O–H groups in total. The first-order valence-corrected chi connectivity index (χ1v) is 9.79. The van der Waals surface area contributed by atoms with Crippen LogP contribution in [0.25, 0.3) is 0 Å². The number of carbonyl (C=O) groups excluding carboxylic acids is 1. The smallest absolute Gasteiger partial charge is 0.228 e. The molecule has 1 atom stereocenters. The Hall–Kier alpha value is -1.04. The van der Waals surface area contributed by atoms with Gasteiger partial charge in [0.05, 0.1) is 5.92 Å². The minimum atomic E-state index is 0.105. The number of rotatable bonds is 4. The van der Waals surface area contributed by atoms with Crippen LogP contribution in [-0.2, 0) is 11.3 Å². The van der Waals surface area contributed by atoms with E-state index in [4.69, 9.17) is 0 Å². The van der Waals surface area contributed by atoms with Gasteiger partial charge in [0.1, 0.15) is 0 Å². The number of anilines is 1. The van der Waals surface area contributed by atoms with E-state index in [1.165, 1.54) is 30.2 Å². The normalized spacial score (nSPS) is 22.7. The standard InChI is InChI=1S/C18H27N3OS/c1-14-11-15(13-21-7-9-23-10-8-21)4-5-17(14)20-18(22)16-3-2-6-19-12-16/h4-5,11,16,19H,2-3,6-10,12-13H2,1H3,(H,20,22). The molecule has 2 aliphatic heterocycles. The lowest BCUT2D eigenvalue weighted by molar-refractivity contribution is -0.120. The van der Waals surface area contributed by atoms with Crippen molar-refractivity contribution in [1.29, 1.82) is 0 Å². The molecule has 1 unspecified atom stereocenters. The number of hydrogen-bond acceptors (Lipinski definition) is 4. The van der Waals surface area contributed by atoms with Crippen molar-refractivity contribution < 1.29 is 4.79 Å². The molecule has 2 heterocycles. The van der Waals surface area contributed by atoms with Gasteiger partial charge in [-0.1, -0.05) is 12.1 Å². The SMILES string of the molecule is Cc1cc(CN2CCSCC2)ccc1NC(=O)C1CCCNC1. The summed E-state index contributed by atoms with van der Waals surface area (Å²) in [7, 11) is 0. The first kappa shape index (κ1) is 16.8. The summed E-state index contributed by atoms with van der Waals surface area (Å²) in [5.41, 5.74) is 3.45. The van der Waals surface area contributed by atoms with E-state index < -0.39 is 0 Å². The Morgan fingerprint density at radius 1 is 1.39 bits per heavy atom. The average molecular weight is 334 g/mol. The number of amides is 1. The molecule has 1 aromatic rings. The Bertz CT molecular complexity index is 537. The minimum absolute atomic E-state index is 0.105. The molecule has 0 radical (unpaired) electrons. The number of nitrogens with one attached hydrogen (secondary N) is 2. The Morgan fingerprint density at radius 2 is 2.22 bits per heavy atom. The summed E-state index contributed by atoms with van der Waals surface area (Å²) >= 11 is 2.04. The van der Waals surface area contributed by atoms with Crippen molar-refractivity contribution in [2.75, 3.05) is 43.0 Å². The Labute approximate surface area is 143 Å². The molecular formula is C18H27N3OS. The quantitative estimate of drug-likeness (QED) is 0.888. The van der Waals surface area contributed by atoms with E-state index in [0.29, 0.717) is 0 Å². The highest BCUT2D eigenvalue weighted by Crippen LogP contribution is 2.21. The molecule has 1 amide bonds. The molecule has 2 saturated heterocycles. The van der Waals surface area contributed by atoms with E-state index >= 15 is 0 Å². The predicted octanol–water partition coefficient (Wildman–Crippen LogP) is 2.48. The fourth-order valence-corrected chi connectivity index (χ4v) is 4.27. The zero-order chi connectivity index (χ0) is 16.1. The van der Waals surface area contributed by atoms with Crippen molar-refractivity contribution in [2.24, 2.45) is 5.92 Å². The second-order valence-corrected chi connectivity index (χ2v) is 7.80. The van der Waals surface area contributed by atoms with Crippen molar-refractivity contribution in [1.82, 2.24) is 10.2 Å². The molecule has 0 spiro atoms. The molecule has 0 aliphatic carbocycles. The maximum absolute atomic E-state index is 12.4. The van der Waals surface area contributed by atoms with Crippen LogP contribution in [0.3, 0.4) is 0 Å². The van der Waals surface area contributed by atoms with Crippen molar-refractivity contribution >= 4 is 23.4 Å². The largest absolute Gasteiger partial charge is 0.326 e. The zero-order valence-corrected chi connectivity index (χ0v) is 14.8. The Balaban J connectivity index is 1.58. The lowest BCUT2D eigenvalue weighted by Gasteiger charge is -2.26. The molecule has 3 rings (SSSR count). The van der Waals surface area contributed by atoms with Gasteiger partial charge in [-0.2, -0.15) is 11.8 Å². The summed E-state index contributed by atoms with van der Waals surface area (Å²) in [4.78, 5) is 14.9. The van der Waals surface area contributed by atoms with Gasteiger partial charge < -0.3 is 10.6 Å². The van der Waals surface area contributed by atoms with Crippen LogP contribution in [0.5, 0.6) is 0 Å². The van der Waals surface area contributed by atoms with Crippen molar-refractivity contribution in [3.05, 3.63) is 29.3 Å². The molecule has 126 valence electrons. The van der Waals surface area contributed by atoms with Gasteiger partial charge in [-0.05, 0) is 43.5 Å². The summed E-state index contributed by atoms with van der Waals surface area (Å²) in [5.74, 6) is 2.74. The first-order valence-electron chi connectivity index (χ1n) is 8.63. The molecule has 2 aliphatic rings. The monoisotopic (exact) mass is 333 g/mol. The minimum Gasteiger partial charge on any atom is -0.326 e. The number of aryl methyl sites for hydroxylation is 1. The highest BCUT2D eigenvalue weighted by Gasteiger charge is 2.21. The van der Waals surface area contributed by atoms with Gasteiger partial charge in [-0.15, -0.1) is 0 Å². The second-order valence-electron chi connectivity index (χ2n) is 6.57. The van der Waals surface area contributed by atoms with Crippen LogP contribution < -0.4 is 10.6 Å². The zero-order valence-electron chi connectivity index (χ0n) is 13.9. The van der Waals surface area contributed by atoms with E-state index in [1.54, 1.807) is 0 Å². The fourth-order valence-electron chi connectivity index (χ4n) is 3.29. The molecular weight excluding hydrogens is 306 g/mol. The Kier molecular flexibility index (Phi) is 5.97. The van der Waals surface area contributed by atoms with Crippen LogP contribution in [0.15, 0.2) is 18.2 Å². The molecule has 0 saturated carbocycles. The number of thioether (sulfide) groups is 1. The topological polar surface area (TPSA) is 44.4 Å². The third-order valence-electron chi connectivity index (χ3n) is 4.73. The molecule has 2 fully saturated rings. The molecule has 1 aromatic carbocycles. The number of carbonyl (C=O) groups is 1. The summed E-state index contributed by atoms with van der Waals surface area (Å²) in [6.45, 7) is 7.29. The molecule has 4 nitrogen and oxygen atoms in total. The van der Waals surface area contributed by atoms with Gasteiger partial charge in [-0.3, -0.25) is 9.69 Å². The second kappa shape index (κ2) is 8.18. The van der Waals surface area contributed by atoms with Crippen LogP contribution in [0, 0.1) is 12.8 Å². The van der Waals surface area contributed by atoms with Gasteiger partial charge in [0.25, 0.3) is 0 Å². The number of benzene rings is 1. The van der Waals surface area contributed by atoms with Crippen molar-refractivity contribution in [3.8, 4) is 0 Å². The van der Waals surface area contributed by atoms with E-state index in [0.717, 1.165) is 43.7 Å². The molecule has 0 aromatic heterocycles. The highest BCUT2D eigenvalue weighted by atomic mass is 32.2. The molecule has 0 bridgehead atoms. The fraction of sp³-hybridized carbons (Fsp3) is 0.611. The van der Waals surface area contributed by atoms with Crippen LogP contribution in [0.4, 0.5) is 5.69 Å². The summed E-state index contributed by atoms with van der Waals surface area (Å²) in [6.07, 6.45) is 2.08. The summed E-state index contributed by atoms with van der Waals surface area (Å²) in [6, 6.07) is 6.44. The van der Waals surface area contributed by atoms with Gasteiger partial charge >= 0.3 is 0 Å². The van der Waals surface area contributed by atoms with Crippen molar-refractivity contribution in [3.63, 3.8) is 0 Å². The maximum atomic E-state index is 12.4. The number of hydrogen-bond donors (Lipinski definition) is 2. The number of nitrogens with zero attached hydrogens (tertiary/aromatic N) is 1. The van der Waals surface area contributed by atoms with Crippen LogP contribution >= 0.6 is 11.8 Å². The summed E-state index contributed by atoms with van der Waals surface area (Å²) < 4.78 is 0. The van der Waals surface area contributed by atoms with Crippen LogP contribution in [0.1, 0.15) is 24.0 Å². The van der Waals surface area contributed by atoms with E-state index in [2.05, 4.69) is 40.7 Å². The predicted molar refractivity (Wildman–Crippen MR) is 98.0 cm³/mol. The lowest BCUT2D eigenvalue weighted by atomic mass is 9.98. The highest BCUT2D eigenvalue weighted by molar-refractivity contribution is 7.99. The Morgan fingerprint density at radius 3 is 2.91 bits per heavy atom. The molecule has 23 heavy (non-hydrogen) atoms. The van der Waals surface area contributed by atoms with Gasteiger partial charge in [-0.25, -0.2) is 0 Å². The van der Waals surface area contributed by atoms with Crippen LogP contribution in [-0.4, -0.2) is 48.5 Å². The average Bonchev–Trinajstić information content (AvgIpc) is 2.59. The number of piperidine rings is 1. The third-order valence-corrected chi connectivity index (χ3v) is 5.67. The maximum Gasteiger partial charge on any atom is 0.228 e.